The Labute approximate surface area is 144 Å². The number of nitrogens with zero attached hydrogens (tertiary/aromatic N) is 1. The molecule has 1 fully saturated rings. The van der Waals surface area contributed by atoms with Crippen LogP contribution in [0.25, 0.3) is 0 Å². The van der Waals surface area contributed by atoms with Crippen molar-refractivity contribution >= 4 is 24.0 Å². The lowest BCUT2D eigenvalue weighted by Gasteiger charge is -2.21. The summed E-state index contributed by atoms with van der Waals surface area (Å²) in [4.78, 5) is 14.5. The molecule has 23 heavy (non-hydrogen) atoms. The standard InChI is InChI=1S/C19H22N2O.ClH/c1-15-14-18(20-13-12-16-8-4-2-5-9-16)19(22)21(15)17-10-6-3-7-11-17;/h2-11,15,18,20H,12-14H2,1H3;1H/t15-,18+;/m0./s1. The summed E-state index contributed by atoms with van der Waals surface area (Å²) in [6.45, 7) is 2.94. The summed E-state index contributed by atoms with van der Waals surface area (Å²) in [5.74, 6) is 0.187. The van der Waals surface area contributed by atoms with Gasteiger partial charge in [-0.2, -0.15) is 0 Å². The molecule has 1 aliphatic rings. The zero-order chi connectivity index (χ0) is 15.4. The Morgan fingerprint density at radius 3 is 2.30 bits per heavy atom. The number of hydrogen-bond acceptors (Lipinski definition) is 2. The third kappa shape index (κ3) is 4.12. The molecule has 1 aliphatic heterocycles. The molecule has 0 radical (unpaired) electrons. The molecule has 0 saturated carbocycles. The Hall–Kier alpha value is -1.84. The second-order valence-corrected chi connectivity index (χ2v) is 5.87. The first-order chi connectivity index (χ1) is 10.8. The SMILES string of the molecule is C[C@H]1C[C@@H](NCCc2ccccc2)C(=O)N1c1ccccc1.Cl. The molecule has 0 spiro atoms. The van der Waals surface area contributed by atoms with Crippen LogP contribution in [0.1, 0.15) is 18.9 Å². The van der Waals surface area contributed by atoms with Gasteiger partial charge in [-0.05, 0) is 44.0 Å². The highest BCUT2D eigenvalue weighted by Gasteiger charge is 2.37. The third-order valence-electron chi connectivity index (χ3n) is 4.23. The van der Waals surface area contributed by atoms with Crippen LogP contribution in [0.3, 0.4) is 0 Å². The van der Waals surface area contributed by atoms with Crippen LogP contribution in [0.2, 0.25) is 0 Å². The first-order valence-corrected chi connectivity index (χ1v) is 7.91. The molecule has 1 heterocycles. The summed E-state index contributed by atoms with van der Waals surface area (Å²) in [6.07, 6.45) is 1.81. The number of para-hydroxylation sites is 1. The molecule has 0 aliphatic carbocycles. The van der Waals surface area contributed by atoms with E-state index in [1.165, 1.54) is 5.56 Å². The van der Waals surface area contributed by atoms with E-state index in [-0.39, 0.29) is 30.4 Å². The van der Waals surface area contributed by atoms with Gasteiger partial charge < -0.3 is 10.2 Å². The van der Waals surface area contributed by atoms with Crippen molar-refractivity contribution in [2.24, 2.45) is 0 Å². The van der Waals surface area contributed by atoms with Gasteiger partial charge >= 0.3 is 0 Å². The molecule has 1 saturated heterocycles. The van der Waals surface area contributed by atoms with E-state index in [2.05, 4.69) is 36.5 Å². The van der Waals surface area contributed by atoms with E-state index in [0.29, 0.717) is 0 Å². The largest absolute Gasteiger partial charge is 0.308 e. The lowest BCUT2D eigenvalue weighted by Crippen LogP contribution is -2.39. The van der Waals surface area contributed by atoms with Gasteiger partial charge in [0.05, 0.1) is 6.04 Å². The quantitative estimate of drug-likeness (QED) is 0.911. The molecule has 1 amide bonds. The Kier molecular flexibility index (Phi) is 6.20. The number of hydrogen-bond donors (Lipinski definition) is 1. The molecular formula is C19H23ClN2O. The topological polar surface area (TPSA) is 32.3 Å². The average Bonchev–Trinajstić information content (AvgIpc) is 2.83. The van der Waals surface area contributed by atoms with Crippen molar-refractivity contribution in [1.82, 2.24) is 5.32 Å². The molecule has 3 nitrogen and oxygen atoms in total. The Morgan fingerprint density at radius 2 is 1.65 bits per heavy atom. The minimum Gasteiger partial charge on any atom is -0.308 e. The van der Waals surface area contributed by atoms with Crippen molar-refractivity contribution < 1.29 is 4.79 Å². The van der Waals surface area contributed by atoms with Gasteiger partial charge in [0.2, 0.25) is 5.91 Å². The minimum absolute atomic E-state index is 0. The molecule has 2 aromatic carbocycles. The smallest absolute Gasteiger partial charge is 0.244 e. The summed E-state index contributed by atoms with van der Waals surface area (Å²) in [6, 6.07) is 20.5. The average molecular weight is 331 g/mol. The van der Waals surface area contributed by atoms with E-state index in [4.69, 9.17) is 0 Å². The lowest BCUT2D eigenvalue weighted by molar-refractivity contribution is -0.118. The number of anilines is 1. The van der Waals surface area contributed by atoms with E-state index >= 15 is 0 Å². The first-order valence-electron chi connectivity index (χ1n) is 7.91. The van der Waals surface area contributed by atoms with Gasteiger partial charge in [0, 0.05) is 11.7 Å². The summed E-state index contributed by atoms with van der Waals surface area (Å²) >= 11 is 0. The van der Waals surface area contributed by atoms with Crippen LogP contribution in [0.5, 0.6) is 0 Å². The lowest BCUT2D eigenvalue weighted by atomic mass is 10.1. The predicted octanol–water partition coefficient (Wildman–Crippen LogP) is 3.43. The number of nitrogens with one attached hydrogen (secondary N) is 1. The van der Waals surface area contributed by atoms with E-state index in [0.717, 1.165) is 25.1 Å². The summed E-state index contributed by atoms with van der Waals surface area (Å²) in [7, 11) is 0. The van der Waals surface area contributed by atoms with Crippen molar-refractivity contribution in [3.63, 3.8) is 0 Å². The molecule has 1 N–H and O–H groups in total. The van der Waals surface area contributed by atoms with Crippen LogP contribution in [0.4, 0.5) is 5.69 Å². The Bertz CT molecular complexity index is 618. The molecule has 2 aromatic rings. The van der Waals surface area contributed by atoms with Crippen LogP contribution >= 0.6 is 12.4 Å². The zero-order valence-electron chi connectivity index (χ0n) is 13.3. The van der Waals surface area contributed by atoms with E-state index in [9.17, 15) is 4.79 Å². The molecule has 4 heteroatoms. The first kappa shape index (κ1) is 17.5. The molecular weight excluding hydrogens is 308 g/mol. The molecule has 2 atom stereocenters. The van der Waals surface area contributed by atoms with Crippen molar-refractivity contribution in [2.75, 3.05) is 11.4 Å². The van der Waals surface area contributed by atoms with Crippen molar-refractivity contribution in [3.05, 3.63) is 66.2 Å². The van der Waals surface area contributed by atoms with Crippen molar-refractivity contribution in [1.29, 1.82) is 0 Å². The van der Waals surface area contributed by atoms with Gasteiger partial charge in [-0.3, -0.25) is 4.79 Å². The highest BCUT2D eigenvalue weighted by atomic mass is 35.5. The van der Waals surface area contributed by atoms with Crippen molar-refractivity contribution in [2.45, 2.75) is 31.8 Å². The molecule has 0 bridgehead atoms. The van der Waals surface area contributed by atoms with Crippen LogP contribution in [0, 0.1) is 0 Å². The monoisotopic (exact) mass is 330 g/mol. The number of amides is 1. The van der Waals surface area contributed by atoms with Gasteiger partial charge in [-0.25, -0.2) is 0 Å². The van der Waals surface area contributed by atoms with Crippen LogP contribution < -0.4 is 10.2 Å². The highest BCUT2D eigenvalue weighted by molar-refractivity contribution is 6.00. The summed E-state index contributed by atoms with van der Waals surface area (Å²) < 4.78 is 0. The number of benzene rings is 2. The van der Waals surface area contributed by atoms with E-state index < -0.39 is 0 Å². The summed E-state index contributed by atoms with van der Waals surface area (Å²) in [5.41, 5.74) is 2.29. The molecule has 122 valence electrons. The number of carbonyl (C=O) groups excluding carboxylic acids is 1. The van der Waals surface area contributed by atoms with Gasteiger partial charge in [-0.1, -0.05) is 48.5 Å². The normalized spacial score (nSPS) is 20.4. The Morgan fingerprint density at radius 1 is 1.04 bits per heavy atom. The highest BCUT2D eigenvalue weighted by Crippen LogP contribution is 2.26. The third-order valence-corrected chi connectivity index (χ3v) is 4.23. The number of carbonyl (C=O) groups is 1. The molecule has 0 aromatic heterocycles. The molecule has 0 unspecified atom stereocenters. The fourth-order valence-corrected chi connectivity index (χ4v) is 3.11. The second-order valence-electron chi connectivity index (χ2n) is 5.87. The van der Waals surface area contributed by atoms with E-state index in [1.807, 2.05) is 41.3 Å². The molecule has 3 rings (SSSR count). The minimum atomic E-state index is -0.0704. The van der Waals surface area contributed by atoms with Gasteiger partial charge in [-0.15, -0.1) is 12.4 Å². The van der Waals surface area contributed by atoms with Gasteiger partial charge in [0.15, 0.2) is 0 Å². The Balaban J connectivity index is 0.00000192. The predicted molar refractivity (Wildman–Crippen MR) is 97.2 cm³/mol. The van der Waals surface area contributed by atoms with E-state index in [1.54, 1.807) is 0 Å². The van der Waals surface area contributed by atoms with Crippen LogP contribution in [0.15, 0.2) is 60.7 Å². The van der Waals surface area contributed by atoms with Crippen molar-refractivity contribution in [3.8, 4) is 0 Å². The van der Waals surface area contributed by atoms with Gasteiger partial charge in [0.25, 0.3) is 0 Å². The number of halogens is 1. The maximum atomic E-state index is 12.6. The maximum Gasteiger partial charge on any atom is 0.244 e. The van der Waals surface area contributed by atoms with Crippen LogP contribution in [-0.2, 0) is 11.2 Å². The second kappa shape index (κ2) is 8.14. The fourth-order valence-electron chi connectivity index (χ4n) is 3.11. The zero-order valence-corrected chi connectivity index (χ0v) is 14.1. The maximum absolute atomic E-state index is 12.6. The summed E-state index contributed by atoms with van der Waals surface area (Å²) in [5, 5.41) is 3.42. The number of rotatable bonds is 5. The van der Waals surface area contributed by atoms with Gasteiger partial charge in [0.1, 0.15) is 0 Å². The fraction of sp³-hybridized carbons (Fsp3) is 0.316. The van der Waals surface area contributed by atoms with Crippen LogP contribution in [-0.4, -0.2) is 24.5 Å².